The molecule has 19 heavy (non-hydrogen) atoms. The summed E-state index contributed by atoms with van der Waals surface area (Å²) in [5.74, 6) is 0. The molecule has 0 saturated carbocycles. The Hall–Kier alpha value is -1.28. The molecule has 1 unspecified atom stereocenters. The van der Waals surface area contributed by atoms with Gasteiger partial charge in [-0.2, -0.15) is 0 Å². The van der Waals surface area contributed by atoms with Crippen LogP contribution in [0, 0.1) is 0 Å². The highest BCUT2D eigenvalue weighted by Crippen LogP contribution is 2.47. The largest absolute Gasteiger partial charge is 0.358 e. The van der Waals surface area contributed by atoms with Gasteiger partial charge in [0.15, 0.2) is 0 Å². The highest BCUT2D eigenvalue weighted by molar-refractivity contribution is 5.70. The molecule has 0 spiro atoms. The Morgan fingerprint density at radius 2 is 2.00 bits per heavy atom. The number of ether oxygens (including phenoxy) is 1. The average Bonchev–Trinajstić information content (AvgIpc) is 2.59. The van der Waals surface area contributed by atoms with Crippen molar-refractivity contribution in [1.29, 1.82) is 0 Å². The number of para-hydroxylation sites is 1. The van der Waals surface area contributed by atoms with Crippen molar-refractivity contribution in [2.24, 2.45) is 0 Å². The normalized spacial score (nSPS) is 18.5. The maximum Gasteiger partial charge on any atom is 0.131 e. The molecule has 0 saturated heterocycles. The third kappa shape index (κ3) is 2.42. The number of rotatable bonds is 5. The summed E-state index contributed by atoms with van der Waals surface area (Å²) in [5, 5.41) is 0. The molecule has 0 fully saturated rings. The summed E-state index contributed by atoms with van der Waals surface area (Å²) >= 11 is 0. The van der Waals surface area contributed by atoms with E-state index >= 15 is 0 Å². The first kappa shape index (κ1) is 14.1. The van der Waals surface area contributed by atoms with E-state index in [0.29, 0.717) is 0 Å². The Labute approximate surface area is 117 Å². The Bertz CT molecular complexity index is 464. The lowest BCUT2D eigenvalue weighted by Crippen LogP contribution is -2.35. The Balaban J connectivity index is 2.24. The van der Waals surface area contributed by atoms with Gasteiger partial charge in [-0.15, -0.1) is 0 Å². The van der Waals surface area contributed by atoms with E-state index in [0.717, 1.165) is 25.1 Å². The van der Waals surface area contributed by atoms with Gasteiger partial charge in [0, 0.05) is 23.4 Å². The SMILES string of the molecule is C=C1N(C(C)OCCCC)c2ccccc2C1(C)C. The van der Waals surface area contributed by atoms with Gasteiger partial charge in [-0.25, -0.2) is 0 Å². The van der Waals surface area contributed by atoms with Crippen molar-refractivity contribution in [3.05, 3.63) is 42.1 Å². The van der Waals surface area contributed by atoms with Gasteiger partial charge in [-0.3, -0.25) is 0 Å². The second-order valence-electron chi connectivity index (χ2n) is 5.78. The van der Waals surface area contributed by atoms with Crippen LogP contribution in [0.1, 0.15) is 46.1 Å². The predicted molar refractivity (Wildman–Crippen MR) is 81.4 cm³/mol. The van der Waals surface area contributed by atoms with Gasteiger partial charge in [0.05, 0.1) is 0 Å². The zero-order valence-corrected chi connectivity index (χ0v) is 12.6. The number of unbranched alkanes of at least 4 members (excludes halogenated alkanes) is 1. The molecule has 0 aromatic heterocycles. The van der Waals surface area contributed by atoms with Crippen molar-refractivity contribution in [2.75, 3.05) is 11.5 Å². The molecule has 0 aliphatic carbocycles. The number of hydrogen-bond donors (Lipinski definition) is 0. The third-order valence-corrected chi connectivity index (χ3v) is 4.07. The van der Waals surface area contributed by atoms with Crippen LogP contribution in [-0.4, -0.2) is 12.8 Å². The summed E-state index contributed by atoms with van der Waals surface area (Å²) < 4.78 is 5.95. The molecule has 0 amide bonds. The molecular formula is C17H25NO. The lowest BCUT2D eigenvalue weighted by atomic mass is 9.84. The van der Waals surface area contributed by atoms with Gasteiger partial charge in [-0.05, 0) is 25.0 Å². The molecule has 1 aromatic rings. The van der Waals surface area contributed by atoms with Crippen LogP contribution in [0.4, 0.5) is 5.69 Å². The van der Waals surface area contributed by atoms with E-state index in [-0.39, 0.29) is 11.6 Å². The monoisotopic (exact) mass is 259 g/mol. The number of hydrogen-bond acceptors (Lipinski definition) is 2. The second-order valence-corrected chi connectivity index (χ2v) is 5.78. The predicted octanol–water partition coefficient (Wildman–Crippen LogP) is 4.46. The Kier molecular flexibility index (Phi) is 4.00. The fraction of sp³-hybridized carbons (Fsp3) is 0.529. The smallest absolute Gasteiger partial charge is 0.131 e. The molecule has 1 aliphatic rings. The minimum atomic E-state index is -0.0149. The van der Waals surface area contributed by atoms with E-state index in [1.54, 1.807) is 0 Å². The van der Waals surface area contributed by atoms with E-state index in [9.17, 15) is 0 Å². The second kappa shape index (κ2) is 5.38. The van der Waals surface area contributed by atoms with Crippen molar-refractivity contribution >= 4 is 5.69 Å². The quantitative estimate of drug-likeness (QED) is 0.724. The van der Waals surface area contributed by atoms with Crippen LogP contribution < -0.4 is 4.90 Å². The zero-order valence-electron chi connectivity index (χ0n) is 12.6. The van der Waals surface area contributed by atoms with Gasteiger partial charge in [0.25, 0.3) is 0 Å². The molecular weight excluding hydrogens is 234 g/mol. The third-order valence-electron chi connectivity index (χ3n) is 4.07. The van der Waals surface area contributed by atoms with Gasteiger partial charge in [0.1, 0.15) is 6.23 Å². The molecule has 1 heterocycles. The summed E-state index contributed by atoms with van der Waals surface area (Å²) in [4.78, 5) is 2.24. The molecule has 2 heteroatoms. The van der Waals surface area contributed by atoms with Crippen LogP contribution in [0.5, 0.6) is 0 Å². The highest BCUT2D eigenvalue weighted by atomic mass is 16.5. The van der Waals surface area contributed by atoms with Crippen LogP contribution in [0.25, 0.3) is 0 Å². The summed E-state index contributed by atoms with van der Waals surface area (Å²) in [6, 6.07) is 8.54. The molecule has 0 radical (unpaired) electrons. The first-order valence-corrected chi connectivity index (χ1v) is 7.20. The maximum atomic E-state index is 5.95. The molecule has 2 nitrogen and oxygen atoms in total. The van der Waals surface area contributed by atoms with Gasteiger partial charge in [-0.1, -0.05) is 52.0 Å². The van der Waals surface area contributed by atoms with Crippen LogP contribution >= 0.6 is 0 Å². The lowest BCUT2D eigenvalue weighted by molar-refractivity contribution is 0.0656. The molecule has 1 atom stereocenters. The fourth-order valence-corrected chi connectivity index (χ4v) is 2.70. The molecule has 104 valence electrons. The fourth-order valence-electron chi connectivity index (χ4n) is 2.70. The van der Waals surface area contributed by atoms with E-state index in [1.807, 2.05) is 0 Å². The number of fused-ring (bicyclic) bond motifs is 1. The van der Waals surface area contributed by atoms with Crippen molar-refractivity contribution in [1.82, 2.24) is 0 Å². The van der Waals surface area contributed by atoms with Crippen LogP contribution in [-0.2, 0) is 10.2 Å². The molecule has 0 N–H and O–H groups in total. The standard InChI is InChI=1S/C17H25NO/c1-6-7-12-19-14(3)18-13(2)17(4,5)15-10-8-9-11-16(15)18/h8-11,14H,2,6-7,12H2,1,3-5H3. The summed E-state index contributed by atoms with van der Waals surface area (Å²) in [7, 11) is 0. The van der Waals surface area contributed by atoms with E-state index < -0.39 is 0 Å². The first-order valence-electron chi connectivity index (χ1n) is 7.20. The molecule has 1 aliphatic heterocycles. The summed E-state index contributed by atoms with van der Waals surface area (Å²) in [6.45, 7) is 13.9. The molecule has 2 rings (SSSR count). The van der Waals surface area contributed by atoms with E-state index in [1.165, 1.54) is 11.3 Å². The summed E-state index contributed by atoms with van der Waals surface area (Å²) in [6.07, 6.45) is 2.31. The number of anilines is 1. The van der Waals surface area contributed by atoms with Crippen molar-refractivity contribution in [2.45, 2.75) is 52.2 Å². The minimum Gasteiger partial charge on any atom is -0.358 e. The number of nitrogens with zero attached hydrogens (tertiary/aromatic N) is 1. The van der Waals surface area contributed by atoms with Crippen molar-refractivity contribution in [3.8, 4) is 0 Å². The zero-order chi connectivity index (χ0) is 14.0. The van der Waals surface area contributed by atoms with E-state index in [4.69, 9.17) is 4.74 Å². The molecule has 1 aromatic carbocycles. The Morgan fingerprint density at radius 3 is 2.68 bits per heavy atom. The topological polar surface area (TPSA) is 12.5 Å². The van der Waals surface area contributed by atoms with Crippen LogP contribution in [0.15, 0.2) is 36.5 Å². The minimum absolute atomic E-state index is 0.0149. The van der Waals surface area contributed by atoms with Gasteiger partial charge in [0.2, 0.25) is 0 Å². The average molecular weight is 259 g/mol. The maximum absolute atomic E-state index is 5.95. The van der Waals surface area contributed by atoms with Crippen LogP contribution in [0.2, 0.25) is 0 Å². The van der Waals surface area contributed by atoms with Crippen molar-refractivity contribution in [3.63, 3.8) is 0 Å². The van der Waals surface area contributed by atoms with Gasteiger partial charge >= 0.3 is 0 Å². The van der Waals surface area contributed by atoms with Crippen molar-refractivity contribution < 1.29 is 4.74 Å². The number of benzene rings is 1. The lowest BCUT2D eigenvalue weighted by Gasteiger charge is -2.31. The number of allylic oxidation sites excluding steroid dienone is 1. The highest BCUT2D eigenvalue weighted by Gasteiger charge is 2.40. The summed E-state index contributed by atoms with van der Waals surface area (Å²) in [5.41, 5.74) is 3.68. The molecule has 0 bridgehead atoms. The van der Waals surface area contributed by atoms with Crippen LogP contribution in [0.3, 0.4) is 0 Å². The van der Waals surface area contributed by atoms with Gasteiger partial charge < -0.3 is 9.64 Å². The first-order chi connectivity index (χ1) is 9.00. The Morgan fingerprint density at radius 1 is 1.32 bits per heavy atom. The van der Waals surface area contributed by atoms with E-state index in [2.05, 4.69) is 63.4 Å².